The Morgan fingerprint density at radius 2 is 1.79 bits per heavy atom. The lowest BCUT2D eigenvalue weighted by molar-refractivity contribution is -0.159. The molecule has 2 N–H and O–H groups in total. The summed E-state index contributed by atoms with van der Waals surface area (Å²) in [6.45, 7) is 1.74. The van der Waals surface area contributed by atoms with Gasteiger partial charge in [0.25, 0.3) is 5.91 Å². The highest BCUT2D eigenvalue weighted by molar-refractivity contribution is 5.98. The average molecular weight is 383 g/mol. The first-order valence-corrected chi connectivity index (χ1v) is 8.86. The fourth-order valence-electron chi connectivity index (χ4n) is 2.65. The first-order chi connectivity index (χ1) is 13.5. The summed E-state index contributed by atoms with van der Waals surface area (Å²) in [5.41, 5.74) is 1.84. The molecule has 1 saturated heterocycles. The van der Waals surface area contributed by atoms with Gasteiger partial charge in [0.2, 0.25) is 0 Å². The lowest BCUT2D eigenvalue weighted by Gasteiger charge is -2.18. The van der Waals surface area contributed by atoms with Gasteiger partial charge in [-0.3, -0.25) is 9.69 Å². The summed E-state index contributed by atoms with van der Waals surface area (Å²) < 4.78 is 10.4. The van der Waals surface area contributed by atoms with Gasteiger partial charge in [-0.2, -0.15) is 0 Å². The molecule has 8 nitrogen and oxygen atoms in total. The Morgan fingerprint density at radius 1 is 1.11 bits per heavy atom. The third kappa shape index (κ3) is 5.00. The average Bonchev–Trinajstić information content (AvgIpc) is 3.13. The zero-order valence-electron chi connectivity index (χ0n) is 15.4. The maximum Gasteiger partial charge on any atom is 0.344 e. The van der Waals surface area contributed by atoms with Gasteiger partial charge in [0.15, 0.2) is 12.7 Å². The number of anilines is 2. The summed E-state index contributed by atoms with van der Waals surface area (Å²) in [5, 5.41) is 5.76. The van der Waals surface area contributed by atoms with E-state index in [0.29, 0.717) is 12.3 Å². The number of amides is 3. The van der Waals surface area contributed by atoms with E-state index in [1.807, 2.05) is 42.5 Å². The number of benzene rings is 2. The molecule has 0 radical (unpaired) electrons. The highest BCUT2D eigenvalue weighted by Gasteiger charge is 2.31. The molecule has 3 amide bonds. The van der Waals surface area contributed by atoms with Crippen LogP contribution < -0.4 is 15.4 Å². The highest BCUT2D eigenvalue weighted by Crippen LogP contribution is 2.19. The highest BCUT2D eigenvalue weighted by atomic mass is 16.6. The van der Waals surface area contributed by atoms with Crippen molar-refractivity contribution < 1.29 is 23.9 Å². The van der Waals surface area contributed by atoms with Crippen LogP contribution in [0.25, 0.3) is 0 Å². The monoisotopic (exact) mass is 383 g/mol. The number of carbonyl (C=O) groups excluding carboxylic acids is 3. The van der Waals surface area contributed by atoms with E-state index < -0.39 is 24.0 Å². The molecule has 146 valence electrons. The molecule has 1 fully saturated rings. The minimum absolute atomic E-state index is 0.263. The van der Waals surface area contributed by atoms with Crippen molar-refractivity contribution in [2.24, 2.45) is 0 Å². The number of carbonyl (C=O) groups is 3. The van der Waals surface area contributed by atoms with E-state index in [-0.39, 0.29) is 13.2 Å². The molecular weight excluding hydrogens is 362 g/mol. The Kier molecular flexibility index (Phi) is 6.11. The van der Waals surface area contributed by atoms with Crippen LogP contribution in [0.15, 0.2) is 54.6 Å². The second-order valence-corrected chi connectivity index (χ2v) is 6.16. The van der Waals surface area contributed by atoms with Crippen LogP contribution in [0.2, 0.25) is 0 Å². The largest absolute Gasteiger partial charge is 0.482 e. The van der Waals surface area contributed by atoms with Crippen LogP contribution in [0.3, 0.4) is 0 Å². The minimum atomic E-state index is -1.06. The van der Waals surface area contributed by atoms with Crippen molar-refractivity contribution in [1.82, 2.24) is 10.2 Å². The smallest absolute Gasteiger partial charge is 0.344 e. The molecule has 0 aromatic heterocycles. The first-order valence-electron chi connectivity index (χ1n) is 8.86. The van der Waals surface area contributed by atoms with Gasteiger partial charge in [0.1, 0.15) is 5.75 Å². The van der Waals surface area contributed by atoms with E-state index >= 15 is 0 Å². The number of esters is 1. The molecule has 0 spiro atoms. The van der Waals surface area contributed by atoms with Crippen molar-refractivity contribution in [1.29, 1.82) is 0 Å². The second kappa shape index (κ2) is 8.90. The summed E-state index contributed by atoms with van der Waals surface area (Å²) in [6, 6.07) is 16.3. The van der Waals surface area contributed by atoms with Crippen LogP contribution >= 0.6 is 0 Å². The molecule has 28 heavy (non-hydrogen) atoms. The van der Waals surface area contributed by atoms with E-state index in [4.69, 9.17) is 9.47 Å². The molecule has 2 aromatic carbocycles. The van der Waals surface area contributed by atoms with Crippen LogP contribution in [0.5, 0.6) is 5.75 Å². The molecule has 1 atom stereocenters. The molecule has 0 bridgehead atoms. The van der Waals surface area contributed by atoms with Gasteiger partial charge in [0.05, 0.1) is 0 Å². The maximum absolute atomic E-state index is 12.1. The Hall–Kier alpha value is -3.55. The van der Waals surface area contributed by atoms with Crippen molar-refractivity contribution >= 4 is 29.3 Å². The molecule has 1 heterocycles. The number of rotatable bonds is 7. The molecule has 1 aliphatic rings. The van der Waals surface area contributed by atoms with Crippen molar-refractivity contribution in [3.63, 3.8) is 0 Å². The molecule has 0 aliphatic carbocycles. The van der Waals surface area contributed by atoms with Crippen LogP contribution in [0.1, 0.15) is 6.92 Å². The van der Waals surface area contributed by atoms with Crippen molar-refractivity contribution in [2.75, 3.05) is 25.0 Å². The zero-order chi connectivity index (χ0) is 19.9. The number of nitrogens with one attached hydrogen (secondary N) is 2. The number of ether oxygens (including phenoxy) is 2. The Morgan fingerprint density at radius 3 is 2.43 bits per heavy atom. The lowest BCUT2D eigenvalue weighted by atomic mass is 10.2. The molecule has 2 aromatic rings. The quantitative estimate of drug-likeness (QED) is 0.712. The van der Waals surface area contributed by atoms with E-state index in [1.54, 1.807) is 12.1 Å². The molecule has 0 saturated carbocycles. The standard InChI is InChI=1S/C20H21N3O5/c1-14(19(25)23-12-11-21-20(23)26)28-18(24)13-27-17-9-7-16(8-10-17)22-15-5-3-2-4-6-15/h2-10,14,22H,11-13H2,1H3,(H,21,26)/t14-/m1/s1. The van der Waals surface area contributed by atoms with Gasteiger partial charge in [-0.1, -0.05) is 18.2 Å². The number of nitrogens with zero attached hydrogens (tertiary/aromatic N) is 1. The van der Waals surface area contributed by atoms with Gasteiger partial charge >= 0.3 is 12.0 Å². The van der Waals surface area contributed by atoms with Crippen LogP contribution in [0.4, 0.5) is 16.2 Å². The molecule has 3 rings (SSSR count). The summed E-state index contributed by atoms with van der Waals surface area (Å²) in [7, 11) is 0. The first kappa shape index (κ1) is 19.2. The minimum Gasteiger partial charge on any atom is -0.482 e. The van der Waals surface area contributed by atoms with E-state index in [2.05, 4.69) is 10.6 Å². The molecule has 0 unspecified atom stereocenters. The normalized spacial score (nSPS) is 14.2. The Labute approximate surface area is 162 Å². The van der Waals surface area contributed by atoms with Crippen LogP contribution in [-0.2, 0) is 14.3 Å². The fraction of sp³-hybridized carbons (Fsp3) is 0.250. The second-order valence-electron chi connectivity index (χ2n) is 6.16. The summed E-state index contributed by atoms with van der Waals surface area (Å²) >= 11 is 0. The Balaban J connectivity index is 1.45. The number of urea groups is 1. The number of hydrogen-bond acceptors (Lipinski definition) is 6. The van der Waals surface area contributed by atoms with E-state index in [9.17, 15) is 14.4 Å². The van der Waals surface area contributed by atoms with Gasteiger partial charge < -0.3 is 20.1 Å². The number of para-hydroxylation sites is 1. The SMILES string of the molecule is C[C@@H](OC(=O)COc1ccc(Nc2ccccc2)cc1)C(=O)N1CCNC1=O. The van der Waals surface area contributed by atoms with E-state index in [1.165, 1.54) is 6.92 Å². The van der Waals surface area contributed by atoms with Crippen molar-refractivity contribution in [3.8, 4) is 5.75 Å². The Bertz CT molecular complexity index is 839. The lowest BCUT2D eigenvalue weighted by Crippen LogP contribution is -2.42. The van der Waals surface area contributed by atoms with Crippen LogP contribution in [0, 0.1) is 0 Å². The third-order valence-electron chi connectivity index (χ3n) is 4.05. The van der Waals surface area contributed by atoms with E-state index in [0.717, 1.165) is 16.3 Å². The van der Waals surface area contributed by atoms with Gasteiger partial charge in [-0.15, -0.1) is 0 Å². The molecule has 1 aliphatic heterocycles. The summed E-state index contributed by atoms with van der Waals surface area (Å²) in [5.74, 6) is -0.750. The van der Waals surface area contributed by atoms with Crippen LogP contribution in [-0.4, -0.2) is 48.6 Å². The summed E-state index contributed by atoms with van der Waals surface area (Å²) in [4.78, 5) is 36.5. The number of hydrogen-bond donors (Lipinski definition) is 2. The predicted octanol–water partition coefficient (Wildman–Crippen LogP) is 2.29. The van der Waals surface area contributed by atoms with Crippen molar-refractivity contribution in [2.45, 2.75) is 13.0 Å². The number of imide groups is 1. The third-order valence-corrected chi connectivity index (χ3v) is 4.05. The van der Waals surface area contributed by atoms with Gasteiger partial charge in [-0.05, 0) is 43.3 Å². The molecular formula is C20H21N3O5. The predicted molar refractivity (Wildman–Crippen MR) is 102 cm³/mol. The summed E-state index contributed by atoms with van der Waals surface area (Å²) in [6.07, 6.45) is -1.06. The topological polar surface area (TPSA) is 97.0 Å². The maximum atomic E-state index is 12.1. The van der Waals surface area contributed by atoms with Gasteiger partial charge in [0, 0.05) is 24.5 Å². The van der Waals surface area contributed by atoms with Crippen molar-refractivity contribution in [3.05, 3.63) is 54.6 Å². The zero-order valence-corrected chi connectivity index (χ0v) is 15.4. The fourth-order valence-corrected chi connectivity index (χ4v) is 2.65. The van der Waals surface area contributed by atoms with Gasteiger partial charge in [-0.25, -0.2) is 9.59 Å². The molecule has 8 heteroatoms.